The van der Waals surface area contributed by atoms with E-state index in [2.05, 4.69) is 4.98 Å². The number of aromatic nitrogens is 2. The first-order valence-corrected chi connectivity index (χ1v) is 6.62. The van der Waals surface area contributed by atoms with Gasteiger partial charge in [-0.3, -0.25) is 9.36 Å². The van der Waals surface area contributed by atoms with Crippen molar-refractivity contribution in [3.05, 3.63) is 52.2 Å². The van der Waals surface area contributed by atoms with Crippen molar-refractivity contribution >= 4 is 5.97 Å². The van der Waals surface area contributed by atoms with Crippen molar-refractivity contribution in [2.75, 3.05) is 0 Å². The highest BCUT2D eigenvalue weighted by molar-refractivity contribution is 5.70. The van der Waals surface area contributed by atoms with Crippen molar-refractivity contribution in [2.24, 2.45) is 0 Å². The topological polar surface area (TPSA) is 75.1 Å². The Labute approximate surface area is 115 Å². The highest BCUT2D eigenvalue weighted by Crippen LogP contribution is 2.51. The minimum Gasteiger partial charge on any atom is -0.481 e. The van der Waals surface area contributed by atoms with Crippen LogP contribution in [0.3, 0.4) is 0 Å². The lowest BCUT2D eigenvalue weighted by atomic mass is 9.92. The molecule has 1 fully saturated rings. The fourth-order valence-electron chi connectivity index (χ4n) is 2.75. The van der Waals surface area contributed by atoms with Gasteiger partial charge in [-0.05, 0) is 37.5 Å². The zero-order valence-corrected chi connectivity index (χ0v) is 11.2. The van der Waals surface area contributed by atoms with Crippen LogP contribution in [0.1, 0.15) is 30.5 Å². The van der Waals surface area contributed by atoms with E-state index in [1.807, 2.05) is 31.2 Å². The van der Waals surface area contributed by atoms with Crippen LogP contribution in [0.25, 0.3) is 5.69 Å². The normalized spacial score (nSPS) is 16.1. The number of imidazole rings is 1. The third-order valence-corrected chi connectivity index (χ3v) is 4.04. The molecule has 1 saturated carbocycles. The van der Waals surface area contributed by atoms with Gasteiger partial charge in [-0.1, -0.05) is 12.1 Å². The zero-order chi connectivity index (χ0) is 14.3. The fourth-order valence-corrected chi connectivity index (χ4v) is 2.75. The molecule has 1 aliphatic rings. The number of carboxylic acid groups (broad SMARTS) is 1. The second kappa shape index (κ2) is 4.37. The van der Waals surface area contributed by atoms with Crippen molar-refractivity contribution in [3.8, 4) is 5.69 Å². The van der Waals surface area contributed by atoms with Crippen LogP contribution in [0.5, 0.6) is 0 Å². The quantitative estimate of drug-likeness (QED) is 0.893. The number of hydrogen-bond acceptors (Lipinski definition) is 2. The van der Waals surface area contributed by atoms with Gasteiger partial charge in [-0.2, -0.15) is 0 Å². The van der Waals surface area contributed by atoms with E-state index in [0.717, 1.165) is 29.8 Å². The van der Waals surface area contributed by atoms with Crippen molar-refractivity contribution in [1.82, 2.24) is 9.55 Å². The Balaban J connectivity index is 1.93. The number of nitrogens with one attached hydrogen (secondary N) is 1. The van der Waals surface area contributed by atoms with E-state index in [-0.39, 0.29) is 17.5 Å². The van der Waals surface area contributed by atoms with Crippen LogP contribution in [0.4, 0.5) is 0 Å². The van der Waals surface area contributed by atoms with Crippen LogP contribution in [0.2, 0.25) is 0 Å². The molecule has 20 heavy (non-hydrogen) atoms. The number of aliphatic carboxylic acids is 1. The van der Waals surface area contributed by atoms with E-state index in [0.29, 0.717) is 0 Å². The van der Waals surface area contributed by atoms with Gasteiger partial charge in [-0.15, -0.1) is 0 Å². The first-order chi connectivity index (χ1) is 9.52. The standard InChI is InChI=1S/C15H16N2O3/c1-10-9-16-14(20)17(10)12-4-2-11(3-5-12)15(6-7-15)8-13(18)19/h2-5,9H,6-8H2,1H3,(H,16,20)(H,18,19). The molecule has 1 aliphatic carbocycles. The van der Waals surface area contributed by atoms with Gasteiger partial charge < -0.3 is 10.1 Å². The molecule has 2 N–H and O–H groups in total. The summed E-state index contributed by atoms with van der Waals surface area (Å²) in [5, 5.41) is 8.98. The summed E-state index contributed by atoms with van der Waals surface area (Å²) in [7, 11) is 0. The van der Waals surface area contributed by atoms with Gasteiger partial charge in [-0.25, -0.2) is 4.79 Å². The van der Waals surface area contributed by atoms with Crippen LogP contribution in [0, 0.1) is 6.92 Å². The molecule has 3 rings (SSSR count). The molecular weight excluding hydrogens is 256 g/mol. The number of carbonyl (C=O) groups is 1. The Hall–Kier alpha value is -2.30. The molecule has 2 aromatic rings. The van der Waals surface area contributed by atoms with E-state index in [4.69, 9.17) is 5.11 Å². The Bertz CT molecular complexity index is 705. The Kier molecular flexibility index (Phi) is 2.78. The minimum absolute atomic E-state index is 0.165. The Morgan fingerprint density at radius 1 is 1.35 bits per heavy atom. The number of aromatic amines is 1. The number of rotatable bonds is 4. The van der Waals surface area contributed by atoms with E-state index in [1.54, 1.807) is 10.8 Å². The van der Waals surface area contributed by atoms with Crippen molar-refractivity contribution < 1.29 is 9.90 Å². The maximum atomic E-state index is 11.7. The van der Waals surface area contributed by atoms with Crippen LogP contribution in [-0.2, 0) is 10.2 Å². The summed E-state index contributed by atoms with van der Waals surface area (Å²) >= 11 is 0. The van der Waals surface area contributed by atoms with Crippen LogP contribution < -0.4 is 5.69 Å². The van der Waals surface area contributed by atoms with Crippen LogP contribution in [-0.4, -0.2) is 20.6 Å². The van der Waals surface area contributed by atoms with Crippen molar-refractivity contribution in [2.45, 2.75) is 31.6 Å². The molecule has 0 saturated heterocycles. The molecule has 1 aromatic heterocycles. The zero-order valence-electron chi connectivity index (χ0n) is 11.2. The molecule has 0 unspecified atom stereocenters. The lowest BCUT2D eigenvalue weighted by Crippen LogP contribution is -2.16. The first kappa shape index (κ1) is 12.7. The second-order valence-corrected chi connectivity index (χ2v) is 5.47. The van der Waals surface area contributed by atoms with Gasteiger partial charge in [0.2, 0.25) is 0 Å². The van der Waals surface area contributed by atoms with Gasteiger partial charge in [0.1, 0.15) is 0 Å². The highest BCUT2D eigenvalue weighted by Gasteiger charge is 2.45. The van der Waals surface area contributed by atoms with E-state index >= 15 is 0 Å². The first-order valence-electron chi connectivity index (χ1n) is 6.62. The monoisotopic (exact) mass is 272 g/mol. The lowest BCUT2D eigenvalue weighted by molar-refractivity contribution is -0.137. The molecule has 1 heterocycles. The molecule has 5 heteroatoms. The van der Waals surface area contributed by atoms with Gasteiger partial charge in [0, 0.05) is 17.3 Å². The molecule has 104 valence electrons. The summed E-state index contributed by atoms with van der Waals surface area (Å²) in [6.07, 6.45) is 3.68. The molecule has 0 spiro atoms. The van der Waals surface area contributed by atoms with Crippen LogP contribution in [0.15, 0.2) is 35.3 Å². The molecule has 0 bridgehead atoms. The summed E-state index contributed by atoms with van der Waals surface area (Å²) in [5.41, 5.74) is 2.33. The van der Waals surface area contributed by atoms with E-state index in [9.17, 15) is 9.59 Å². The largest absolute Gasteiger partial charge is 0.481 e. The Morgan fingerprint density at radius 3 is 2.45 bits per heavy atom. The summed E-state index contributed by atoms with van der Waals surface area (Å²) in [4.78, 5) is 25.3. The molecule has 0 amide bonds. The SMILES string of the molecule is Cc1c[nH]c(=O)n1-c1ccc(C2(CC(=O)O)CC2)cc1. The molecule has 0 atom stereocenters. The van der Waals surface area contributed by atoms with E-state index < -0.39 is 5.97 Å². The predicted molar refractivity (Wildman–Crippen MR) is 74.3 cm³/mol. The third-order valence-electron chi connectivity index (χ3n) is 4.04. The molecule has 1 aromatic carbocycles. The average Bonchev–Trinajstić information content (AvgIpc) is 3.09. The average molecular weight is 272 g/mol. The predicted octanol–water partition coefficient (Wildman–Crippen LogP) is 1.98. The molecule has 0 aliphatic heterocycles. The van der Waals surface area contributed by atoms with Gasteiger partial charge in [0.05, 0.1) is 12.1 Å². The van der Waals surface area contributed by atoms with Crippen LogP contribution >= 0.6 is 0 Å². The second-order valence-electron chi connectivity index (χ2n) is 5.47. The van der Waals surface area contributed by atoms with Crippen molar-refractivity contribution in [3.63, 3.8) is 0 Å². The number of aryl methyl sites for hydroxylation is 1. The summed E-state index contributed by atoms with van der Waals surface area (Å²) in [6.45, 7) is 1.86. The minimum atomic E-state index is -0.760. The maximum absolute atomic E-state index is 11.7. The molecule has 0 radical (unpaired) electrons. The number of nitrogens with zero attached hydrogens (tertiary/aromatic N) is 1. The fraction of sp³-hybridized carbons (Fsp3) is 0.333. The molecule has 5 nitrogen and oxygen atoms in total. The number of benzene rings is 1. The van der Waals surface area contributed by atoms with E-state index in [1.165, 1.54) is 0 Å². The summed E-state index contributed by atoms with van der Waals surface area (Å²) < 4.78 is 1.60. The number of hydrogen-bond donors (Lipinski definition) is 2. The summed E-state index contributed by atoms with van der Waals surface area (Å²) in [6, 6.07) is 7.62. The van der Waals surface area contributed by atoms with Gasteiger partial charge in [0.15, 0.2) is 0 Å². The lowest BCUT2D eigenvalue weighted by Gasteiger charge is -2.14. The third kappa shape index (κ3) is 2.05. The number of H-pyrrole nitrogens is 1. The van der Waals surface area contributed by atoms with Crippen molar-refractivity contribution in [1.29, 1.82) is 0 Å². The van der Waals surface area contributed by atoms with Gasteiger partial charge >= 0.3 is 11.7 Å². The smallest absolute Gasteiger partial charge is 0.330 e. The van der Waals surface area contributed by atoms with Gasteiger partial charge in [0.25, 0.3) is 0 Å². The number of carboxylic acids is 1. The maximum Gasteiger partial charge on any atom is 0.330 e. The highest BCUT2D eigenvalue weighted by atomic mass is 16.4. The summed E-state index contributed by atoms with van der Waals surface area (Å²) in [5.74, 6) is -0.760. The Morgan fingerprint density at radius 2 is 2.00 bits per heavy atom. The molecular formula is C15H16N2O3.